The fourth-order valence-electron chi connectivity index (χ4n) is 3.59. The molecule has 104 valence electrons. The van der Waals surface area contributed by atoms with Crippen LogP contribution in [0.1, 0.15) is 45.4 Å². The molecule has 1 saturated heterocycles. The van der Waals surface area contributed by atoms with Crippen molar-refractivity contribution in [3.8, 4) is 0 Å². The molecular formula is C14H26N2O2. The average Bonchev–Trinajstić information content (AvgIpc) is 2.68. The van der Waals surface area contributed by atoms with Crippen molar-refractivity contribution in [1.82, 2.24) is 4.90 Å². The number of nitrogens with two attached hydrogens (primary N) is 1. The van der Waals surface area contributed by atoms with Crippen LogP contribution in [0, 0.1) is 11.8 Å². The molecule has 0 unspecified atom stereocenters. The molecule has 0 bridgehead atoms. The summed E-state index contributed by atoms with van der Waals surface area (Å²) in [4.78, 5) is 13.4. The highest BCUT2D eigenvalue weighted by Crippen LogP contribution is 2.31. The van der Waals surface area contributed by atoms with Gasteiger partial charge in [-0.3, -0.25) is 9.69 Å². The Balaban J connectivity index is 1.80. The molecule has 1 amide bonds. The summed E-state index contributed by atoms with van der Waals surface area (Å²) in [5.74, 6) is 1.35. The molecule has 1 heterocycles. The minimum absolute atomic E-state index is 0.249. The standard InChI is InChI=1S/C14H26N2O2/c1-10-3-2-4-11(7-10)5-6-16-9-12(17)8-13(16)14(15)18/h10-13,17H,2-9H2,1H3,(H2,15,18)/t10-,11-,12+,13-/m1/s1. The summed E-state index contributed by atoms with van der Waals surface area (Å²) >= 11 is 0. The molecule has 18 heavy (non-hydrogen) atoms. The molecule has 2 fully saturated rings. The van der Waals surface area contributed by atoms with E-state index in [4.69, 9.17) is 5.73 Å². The molecule has 4 heteroatoms. The summed E-state index contributed by atoms with van der Waals surface area (Å²) in [7, 11) is 0. The number of aliphatic hydroxyl groups excluding tert-OH is 1. The summed E-state index contributed by atoms with van der Waals surface area (Å²) in [6, 6.07) is -0.249. The maximum absolute atomic E-state index is 11.3. The van der Waals surface area contributed by atoms with Crippen molar-refractivity contribution in [2.24, 2.45) is 17.6 Å². The lowest BCUT2D eigenvalue weighted by Gasteiger charge is -2.29. The van der Waals surface area contributed by atoms with Crippen LogP contribution >= 0.6 is 0 Å². The van der Waals surface area contributed by atoms with E-state index in [-0.39, 0.29) is 18.1 Å². The van der Waals surface area contributed by atoms with Gasteiger partial charge in [0.2, 0.25) is 5.91 Å². The number of amides is 1. The molecule has 4 nitrogen and oxygen atoms in total. The number of hydrogen-bond donors (Lipinski definition) is 2. The van der Waals surface area contributed by atoms with Gasteiger partial charge in [-0.1, -0.05) is 26.2 Å². The first-order chi connectivity index (χ1) is 8.56. The second-order valence-electron chi connectivity index (χ2n) is 6.23. The summed E-state index contributed by atoms with van der Waals surface area (Å²) in [6.45, 7) is 3.84. The lowest BCUT2D eigenvalue weighted by Crippen LogP contribution is -2.41. The lowest BCUT2D eigenvalue weighted by atomic mass is 9.81. The summed E-state index contributed by atoms with van der Waals surface area (Å²) in [6.07, 6.45) is 6.61. The van der Waals surface area contributed by atoms with Crippen molar-refractivity contribution >= 4 is 5.91 Å². The molecule has 0 radical (unpaired) electrons. The Kier molecular flexibility index (Phi) is 4.62. The molecule has 0 spiro atoms. The third-order valence-corrected chi connectivity index (χ3v) is 4.58. The lowest BCUT2D eigenvalue weighted by molar-refractivity contribution is -0.122. The molecule has 2 rings (SSSR count). The first-order valence-corrected chi connectivity index (χ1v) is 7.27. The third-order valence-electron chi connectivity index (χ3n) is 4.58. The van der Waals surface area contributed by atoms with Gasteiger partial charge in [-0.2, -0.15) is 0 Å². The van der Waals surface area contributed by atoms with Crippen molar-refractivity contribution in [3.63, 3.8) is 0 Å². The van der Waals surface area contributed by atoms with Crippen molar-refractivity contribution in [3.05, 3.63) is 0 Å². The molecule has 1 aliphatic carbocycles. The van der Waals surface area contributed by atoms with Gasteiger partial charge in [0.25, 0.3) is 0 Å². The van der Waals surface area contributed by atoms with E-state index in [1.54, 1.807) is 0 Å². The van der Waals surface area contributed by atoms with Crippen LogP contribution in [-0.2, 0) is 4.79 Å². The van der Waals surface area contributed by atoms with Gasteiger partial charge in [0, 0.05) is 6.54 Å². The van der Waals surface area contributed by atoms with Crippen LogP contribution in [0.3, 0.4) is 0 Å². The molecule has 0 aromatic carbocycles. The maximum Gasteiger partial charge on any atom is 0.234 e. The molecular weight excluding hydrogens is 228 g/mol. The predicted molar refractivity (Wildman–Crippen MR) is 70.9 cm³/mol. The van der Waals surface area contributed by atoms with Crippen LogP contribution in [-0.4, -0.2) is 41.1 Å². The zero-order valence-electron chi connectivity index (χ0n) is 11.3. The Bertz CT molecular complexity index is 296. The number of hydrogen-bond acceptors (Lipinski definition) is 3. The largest absolute Gasteiger partial charge is 0.392 e. The Morgan fingerprint density at radius 1 is 1.39 bits per heavy atom. The van der Waals surface area contributed by atoms with Gasteiger partial charge in [0.05, 0.1) is 12.1 Å². The zero-order chi connectivity index (χ0) is 13.1. The highest BCUT2D eigenvalue weighted by atomic mass is 16.3. The molecule has 0 aromatic rings. The van der Waals surface area contributed by atoms with Crippen molar-refractivity contribution in [1.29, 1.82) is 0 Å². The second-order valence-corrected chi connectivity index (χ2v) is 6.23. The van der Waals surface area contributed by atoms with E-state index >= 15 is 0 Å². The van der Waals surface area contributed by atoms with E-state index in [9.17, 15) is 9.90 Å². The molecule has 0 aromatic heterocycles. The Hall–Kier alpha value is -0.610. The van der Waals surface area contributed by atoms with Crippen molar-refractivity contribution < 1.29 is 9.90 Å². The van der Waals surface area contributed by atoms with E-state index in [1.165, 1.54) is 25.7 Å². The third kappa shape index (κ3) is 3.45. The number of primary amides is 1. The van der Waals surface area contributed by atoms with Gasteiger partial charge in [-0.15, -0.1) is 0 Å². The summed E-state index contributed by atoms with van der Waals surface area (Å²) in [5, 5.41) is 9.65. The molecule has 1 saturated carbocycles. The van der Waals surface area contributed by atoms with E-state index in [0.29, 0.717) is 13.0 Å². The van der Waals surface area contributed by atoms with E-state index < -0.39 is 0 Å². The Morgan fingerprint density at radius 3 is 2.83 bits per heavy atom. The van der Waals surface area contributed by atoms with Crippen LogP contribution in [0.4, 0.5) is 0 Å². The monoisotopic (exact) mass is 254 g/mol. The van der Waals surface area contributed by atoms with Crippen LogP contribution in [0.25, 0.3) is 0 Å². The van der Waals surface area contributed by atoms with Crippen LogP contribution in [0.2, 0.25) is 0 Å². The Morgan fingerprint density at radius 2 is 2.17 bits per heavy atom. The highest BCUT2D eigenvalue weighted by Gasteiger charge is 2.34. The number of nitrogens with zero attached hydrogens (tertiary/aromatic N) is 1. The first-order valence-electron chi connectivity index (χ1n) is 7.27. The van der Waals surface area contributed by atoms with Gasteiger partial charge < -0.3 is 10.8 Å². The predicted octanol–water partition coefficient (Wildman–Crippen LogP) is 1.12. The number of carbonyl (C=O) groups is 1. The summed E-state index contributed by atoms with van der Waals surface area (Å²) < 4.78 is 0. The van der Waals surface area contributed by atoms with Crippen molar-refractivity contribution in [2.45, 2.75) is 57.6 Å². The fourth-order valence-corrected chi connectivity index (χ4v) is 3.59. The van der Waals surface area contributed by atoms with Gasteiger partial charge in [-0.05, 0) is 37.6 Å². The normalized spacial score (nSPS) is 37.9. The number of rotatable bonds is 4. The topological polar surface area (TPSA) is 66.6 Å². The quantitative estimate of drug-likeness (QED) is 0.790. The maximum atomic E-state index is 11.3. The highest BCUT2D eigenvalue weighted by molar-refractivity contribution is 5.80. The number of β-amino-alcohol motifs (C(OH)–C–C–N with tert-alkyl or cyclic N) is 1. The zero-order valence-corrected chi connectivity index (χ0v) is 11.3. The smallest absolute Gasteiger partial charge is 0.234 e. The molecule has 1 aliphatic heterocycles. The SMILES string of the molecule is C[C@@H]1CCC[C@H](CCN2C[C@@H](O)C[C@@H]2C(N)=O)C1. The minimum atomic E-state index is -0.382. The fraction of sp³-hybridized carbons (Fsp3) is 0.929. The van der Waals surface area contributed by atoms with Crippen LogP contribution < -0.4 is 5.73 Å². The molecule has 4 atom stereocenters. The Labute approximate surface area is 110 Å². The van der Waals surface area contributed by atoms with Crippen LogP contribution in [0.5, 0.6) is 0 Å². The van der Waals surface area contributed by atoms with Gasteiger partial charge in [0.1, 0.15) is 0 Å². The molecule has 2 aliphatic rings. The number of likely N-dealkylation sites (tertiary alicyclic amines) is 1. The number of carbonyl (C=O) groups excluding carboxylic acids is 1. The van der Waals surface area contributed by atoms with Gasteiger partial charge in [0.15, 0.2) is 0 Å². The molecule has 3 N–H and O–H groups in total. The van der Waals surface area contributed by atoms with E-state index in [2.05, 4.69) is 11.8 Å². The van der Waals surface area contributed by atoms with Crippen LogP contribution in [0.15, 0.2) is 0 Å². The average molecular weight is 254 g/mol. The minimum Gasteiger partial charge on any atom is -0.392 e. The van der Waals surface area contributed by atoms with E-state index in [1.807, 2.05) is 0 Å². The summed E-state index contributed by atoms with van der Waals surface area (Å²) in [5.41, 5.74) is 5.39. The van der Waals surface area contributed by atoms with Gasteiger partial charge in [-0.25, -0.2) is 0 Å². The second kappa shape index (κ2) is 6.02. The van der Waals surface area contributed by atoms with Crippen molar-refractivity contribution in [2.75, 3.05) is 13.1 Å². The van der Waals surface area contributed by atoms with E-state index in [0.717, 1.165) is 24.8 Å². The number of aliphatic hydroxyl groups is 1. The first kappa shape index (κ1) is 13.8. The van der Waals surface area contributed by atoms with Gasteiger partial charge >= 0.3 is 0 Å².